The average Bonchev–Trinajstić information content (AvgIpc) is 3.02. The molecular formula is C15H22N2O5S. The molecule has 0 unspecified atom stereocenters. The van der Waals surface area contributed by atoms with Gasteiger partial charge in [-0.25, -0.2) is 13.2 Å². The van der Waals surface area contributed by atoms with Gasteiger partial charge in [0.15, 0.2) is 21.3 Å². The summed E-state index contributed by atoms with van der Waals surface area (Å²) in [6.45, 7) is 1.03. The molecule has 1 saturated heterocycles. The highest BCUT2D eigenvalue weighted by Crippen LogP contribution is 2.27. The molecule has 0 aromatic heterocycles. The van der Waals surface area contributed by atoms with E-state index in [1.165, 1.54) is 11.2 Å². The highest BCUT2D eigenvalue weighted by molar-refractivity contribution is 7.91. The van der Waals surface area contributed by atoms with E-state index >= 15 is 0 Å². The van der Waals surface area contributed by atoms with Gasteiger partial charge in [0.2, 0.25) is 0 Å². The SMILES string of the molecule is COc1ccc(CNC(=O)N2CC[C@H](S(C)(=O)=O)C2)cc1OC. The lowest BCUT2D eigenvalue weighted by Crippen LogP contribution is -2.39. The van der Waals surface area contributed by atoms with Crippen LogP contribution in [-0.2, 0) is 16.4 Å². The average molecular weight is 342 g/mol. The number of amides is 2. The summed E-state index contributed by atoms with van der Waals surface area (Å²) >= 11 is 0. The van der Waals surface area contributed by atoms with Crippen molar-refractivity contribution in [3.63, 3.8) is 0 Å². The van der Waals surface area contributed by atoms with Crippen molar-refractivity contribution in [3.05, 3.63) is 23.8 Å². The van der Waals surface area contributed by atoms with E-state index < -0.39 is 15.1 Å². The van der Waals surface area contributed by atoms with E-state index in [0.29, 0.717) is 31.0 Å². The van der Waals surface area contributed by atoms with Crippen LogP contribution in [-0.4, -0.2) is 58.2 Å². The van der Waals surface area contributed by atoms with Gasteiger partial charge >= 0.3 is 6.03 Å². The second-order valence-corrected chi connectivity index (χ2v) is 7.86. The van der Waals surface area contributed by atoms with Crippen molar-refractivity contribution in [1.29, 1.82) is 0 Å². The Bertz CT molecular complexity index is 674. The molecule has 23 heavy (non-hydrogen) atoms. The molecule has 7 nitrogen and oxygen atoms in total. The molecule has 1 aromatic rings. The van der Waals surface area contributed by atoms with Crippen molar-refractivity contribution in [1.82, 2.24) is 10.2 Å². The van der Waals surface area contributed by atoms with Crippen LogP contribution in [0, 0.1) is 0 Å². The molecule has 1 heterocycles. The highest BCUT2D eigenvalue weighted by atomic mass is 32.2. The molecule has 1 aromatic carbocycles. The lowest BCUT2D eigenvalue weighted by molar-refractivity contribution is 0.208. The zero-order valence-corrected chi connectivity index (χ0v) is 14.4. The number of nitrogens with zero attached hydrogens (tertiary/aromatic N) is 1. The van der Waals surface area contributed by atoms with Crippen LogP contribution in [0.2, 0.25) is 0 Å². The summed E-state index contributed by atoms with van der Waals surface area (Å²) < 4.78 is 33.4. The first-order valence-corrected chi connectivity index (χ1v) is 9.23. The topological polar surface area (TPSA) is 84.9 Å². The van der Waals surface area contributed by atoms with E-state index in [2.05, 4.69) is 5.32 Å². The Morgan fingerprint density at radius 3 is 2.57 bits per heavy atom. The van der Waals surface area contributed by atoms with Crippen molar-refractivity contribution in [2.24, 2.45) is 0 Å². The third-order valence-electron chi connectivity index (χ3n) is 3.93. The number of rotatable bonds is 5. The maximum atomic E-state index is 12.1. The van der Waals surface area contributed by atoms with Gasteiger partial charge in [0.25, 0.3) is 0 Å². The Balaban J connectivity index is 1.92. The van der Waals surface area contributed by atoms with Crippen molar-refractivity contribution < 1.29 is 22.7 Å². The fourth-order valence-electron chi connectivity index (χ4n) is 2.54. The van der Waals surface area contributed by atoms with Crippen LogP contribution in [0.5, 0.6) is 11.5 Å². The van der Waals surface area contributed by atoms with Gasteiger partial charge in [-0.2, -0.15) is 0 Å². The maximum absolute atomic E-state index is 12.1. The van der Waals surface area contributed by atoms with E-state index in [4.69, 9.17) is 9.47 Å². The molecule has 1 fully saturated rings. The summed E-state index contributed by atoms with van der Waals surface area (Å²) in [7, 11) is 0.00687. The lowest BCUT2D eigenvalue weighted by atomic mass is 10.2. The van der Waals surface area contributed by atoms with E-state index in [1.807, 2.05) is 6.07 Å². The molecule has 0 aliphatic carbocycles. The van der Waals surface area contributed by atoms with Crippen LogP contribution in [0.3, 0.4) is 0 Å². The molecule has 1 aliphatic rings. The summed E-state index contributed by atoms with van der Waals surface area (Å²) in [5.74, 6) is 1.22. The van der Waals surface area contributed by atoms with Gasteiger partial charge in [0.05, 0.1) is 19.5 Å². The monoisotopic (exact) mass is 342 g/mol. The van der Waals surface area contributed by atoms with Crippen LogP contribution in [0.4, 0.5) is 4.79 Å². The first-order chi connectivity index (χ1) is 10.8. The van der Waals surface area contributed by atoms with Gasteiger partial charge < -0.3 is 19.7 Å². The largest absolute Gasteiger partial charge is 0.493 e. The molecule has 0 spiro atoms. The Morgan fingerprint density at radius 1 is 1.30 bits per heavy atom. The Hall–Kier alpha value is -1.96. The van der Waals surface area contributed by atoms with Crippen molar-refractivity contribution in [3.8, 4) is 11.5 Å². The minimum Gasteiger partial charge on any atom is -0.493 e. The number of methoxy groups -OCH3 is 2. The third-order valence-corrected chi connectivity index (χ3v) is 5.53. The standard InChI is InChI=1S/C15H22N2O5S/c1-21-13-5-4-11(8-14(13)22-2)9-16-15(18)17-7-6-12(10-17)23(3,19)20/h4-5,8,12H,6-7,9-10H2,1-3H3,(H,16,18)/t12-/m0/s1. The van der Waals surface area contributed by atoms with Gasteiger partial charge in [-0.15, -0.1) is 0 Å². The highest BCUT2D eigenvalue weighted by Gasteiger charge is 2.32. The number of benzene rings is 1. The molecule has 1 aliphatic heterocycles. The number of likely N-dealkylation sites (tertiary alicyclic amines) is 1. The summed E-state index contributed by atoms with van der Waals surface area (Å²) in [4.78, 5) is 13.7. The molecule has 2 amide bonds. The summed E-state index contributed by atoms with van der Waals surface area (Å²) in [5, 5.41) is 2.33. The summed E-state index contributed by atoms with van der Waals surface area (Å²) in [5.41, 5.74) is 0.870. The van der Waals surface area contributed by atoms with Crippen LogP contribution in [0.1, 0.15) is 12.0 Å². The number of carbonyl (C=O) groups excluding carboxylic acids is 1. The van der Waals surface area contributed by atoms with Crippen LogP contribution in [0.25, 0.3) is 0 Å². The number of hydrogen-bond acceptors (Lipinski definition) is 5. The Kier molecular flexibility index (Phi) is 5.35. The second kappa shape index (κ2) is 7.08. The Labute approximate surface area is 136 Å². The quantitative estimate of drug-likeness (QED) is 0.864. The van der Waals surface area contributed by atoms with Crippen molar-refractivity contribution in [2.45, 2.75) is 18.2 Å². The molecule has 0 radical (unpaired) electrons. The van der Waals surface area contributed by atoms with Crippen LogP contribution >= 0.6 is 0 Å². The first-order valence-electron chi connectivity index (χ1n) is 7.27. The predicted molar refractivity (Wildman–Crippen MR) is 86.6 cm³/mol. The molecular weight excluding hydrogens is 320 g/mol. The van der Waals surface area contributed by atoms with Gasteiger partial charge in [-0.1, -0.05) is 6.07 Å². The van der Waals surface area contributed by atoms with E-state index in [1.54, 1.807) is 26.4 Å². The predicted octanol–water partition coefficient (Wildman–Crippen LogP) is 1.03. The molecule has 2 rings (SSSR count). The van der Waals surface area contributed by atoms with Gasteiger partial charge in [-0.05, 0) is 24.1 Å². The minimum atomic E-state index is -3.10. The van der Waals surface area contributed by atoms with E-state index in [9.17, 15) is 13.2 Å². The molecule has 1 N–H and O–H groups in total. The van der Waals surface area contributed by atoms with Gasteiger partial charge in [0, 0.05) is 25.9 Å². The number of sulfone groups is 1. The normalized spacial score (nSPS) is 17.9. The molecule has 0 saturated carbocycles. The van der Waals surface area contributed by atoms with Crippen molar-refractivity contribution in [2.75, 3.05) is 33.6 Å². The van der Waals surface area contributed by atoms with E-state index in [-0.39, 0.29) is 12.6 Å². The summed E-state index contributed by atoms with van der Waals surface area (Å²) in [6.07, 6.45) is 1.70. The third kappa shape index (κ3) is 4.28. The van der Waals surface area contributed by atoms with Crippen LogP contribution in [0.15, 0.2) is 18.2 Å². The fraction of sp³-hybridized carbons (Fsp3) is 0.533. The Morgan fingerprint density at radius 2 is 2.00 bits per heavy atom. The number of hydrogen-bond donors (Lipinski definition) is 1. The van der Waals surface area contributed by atoms with Gasteiger partial charge in [-0.3, -0.25) is 0 Å². The molecule has 0 bridgehead atoms. The second-order valence-electron chi connectivity index (χ2n) is 5.53. The van der Waals surface area contributed by atoms with Crippen LogP contribution < -0.4 is 14.8 Å². The number of ether oxygens (including phenoxy) is 2. The smallest absolute Gasteiger partial charge is 0.317 e. The first kappa shape index (κ1) is 17.4. The number of carbonyl (C=O) groups is 1. The fourth-order valence-corrected chi connectivity index (χ4v) is 3.53. The molecule has 8 heteroatoms. The minimum absolute atomic E-state index is 0.247. The zero-order valence-electron chi connectivity index (χ0n) is 13.5. The lowest BCUT2D eigenvalue weighted by Gasteiger charge is -2.17. The van der Waals surface area contributed by atoms with Crippen molar-refractivity contribution >= 4 is 15.9 Å². The molecule has 128 valence electrons. The maximum Gasteiger partial charge on any atom is 0.317 e. The number of urea groups is 1. The van der Waals surface area contributed by atoms with E-state index in [0.717, 1.165) is 5.56 Å². The molecule has 1 atom stereocenters. The zero-order chi connectivity index (χ0) is 17.0. The van der Waals surface area contributed by atoms with Gasteiger partial charge in [0.1, 0.15) is 0 Å². The summed E-state index contributed by atoms with van der Waals surface area (Å²) in [6, 6.07) is 5.15. The number of nitrogens with one attached hydrogen (secondary N) is 1.